The summed E-state index contributed by atoms with van der Waals surface area (Å²) in [6.45, 7) is 0.193. The molecule has 0 saturated heterocycles. The molecule has 3 aromatic rings. The molecular formula is C17H12BrClN2O2. The molecule has 0 bridgehead atoms. The van der Waals surface area contributed by atoms with Crippen LogP contribution in [0.25, 0.3) is 10.9 Å². The van der Waals surface area contributed by atoms with Crippen molar-refractivity contribution in [3.05, 3.63) is 69.8 Å². The first-order chi connectivity index (χ1) is 11.1. The van der Waals surface area contributed by atoms with E-state index >= 15 is 0 Å². The first kappa shape index (κ1) is 15.8. The van der Waals surface area contributed by atoms with Gasteiger partial charge in [0.2, 0.25) is 0 Å². The Kier molecular flexibility index (Phi) is 4.79. The maximum atomic E-state index is 11.9. The smallest absolute Gasteiger partial charge is 0.412 e. The zero-order chi connectivity index (χ0) is 16.2. The van der Waals surface area contributed by atoms with Crippen molar-refractivity contribution in [2.75, 3.05) is 5.32 Å². The van der Waals surface area contributed by atoms with Gasteiger partial charge < -0.3 is 4.74 Å². The van der Waals surface area contributed by atoms with Gasteiger partial charge >= 0.3 is 6.09 Å². The van der Waals surface area contributed by atoms with Crippen LogP contribution in [0.4, 0.5) is 10.5 Å². The standard InChI is InChI=1S/C17H12BrClN2O2/c18-13-7-6-12-8-15(16(19)20-14(12)9-13)21-17(22)23-10-11-4-2-1-3-5-11/h1-9H,10H2,(H,21,22). The van der Waals surface area contributed by atoms with Gasteiger partial charge in [0.05, 0.1) is 11.2 Å². The van der Waals surface area contributed by atoms with E-state index in [0.29, 0.717) is 5.69 Å². The van der Waals surface area contributed by atoms with Gasteiger partial charge in [-0.1, -0.05) is 63.9 Å². The third-order valence-electron chi connectivity index (χ3n) is 3.18. The Labute approximate surface area is 146 Å². The molecule has 0 atom stereocenters. The molecule has 0 fully saturated rings. The van der Waals surface area contributed by atoms with Crippen LogP contribution in [0, 0.1) is 0 Å². The molecule has 0 aliphatic rings. The number of aromatic nitrogens is 1. The lowest BCUT2D eigenvalue weighted by Gasteiger charge is -2.09. The van der Waals surface area contributed by atoms with Crippen molar-refractivity contribution in [2.24, 2.45) is 0 Å². The lowest BCUT2D eigenvalue weighted by molar-refractivity contribution is 0.155. The molecule has 0 spiro atoms. The van der Waals surface area contributed by atoms with Gasteiger partial charge in [0.1, 0.15) is 6.61 Å². The van der Waals surface area contributed by atoms with Crippen LogP contribution in [0.15, 0.2) is 59.1 Å². The highest BCUT2D eigenvalue weighted by Crippen LogP contribution is 2.27. The van der Waals surface area contributed by atoms with Gasteiger partial charge in [-0.2, -0.15) is 0 Å². The number of benzene rings is 2. The van der Waals surface area contributed by atoms with Crippen LogP contribution in [-0.4, -0.2) is 11.1 Å². The minimum Gasteiger partial charge on any atom is -0.444 e. The van der Waals surface area contributed by atoms with Crippen molar-refractivity contribution in [1.29, 1.82) is 0 Å². The van der Waals surface area contributed by atoms with Gasteiger partial charge in [-0.3, -0.25) is 5.32 Å². The number of anilines is 1. The predicted molar refractivity (Wildman–Crippen MR) is 94.7 cm³/mol. The molecule has 4 nitrogen and oxygen atoms in total. The lowest BCUT2D eigenvalue weighted by Crippen LogP contribution is -2.14. The third-order valence-corrected chi connectivity index (χ3v) is 3.96. The van der Waals surface area contributed by atoms with E-state index in [2.05, 4.69) is 26.2 Å². The highest BCUT2D eigenvalue weighted by Gasteiger charge is 2.10. The summed E-state index contributed by atoms with van der Waals surface area (Å²) >= 11 is 9.51. The fourth-order valence-electron chi connectivity index (χ4n) is 2.07. The molecule has 0 aliphatic heterocycles. The number of nitrogens with one attached hydrogen (secondary N) is 1. The molecule has 23 heavy (non-hydrogen) atoms. The second-order valence-electron chi connectivity index (χ2n) is 4.85. The van der Waals surface area contributed by atoms with E-state index in [4.69, 9.17) is 16.3 Å². The van der Waals surface area contributed by atoms with Crippen LogP contribution >= 0.6 is 27.5 Å². The van der Waals surface area contributed by atoms with E-state index in [-0.39, 0.29) is 11.8 Å². The van der Waals surface area contributed by atoms with Crippen LogP contribution in [0.2, 0.25) is 5.15 Å². The van der Waals surface area contributed by atoms with Gasteiger partial charge in [-0.25, -0.2) is 9.78 Å². The number of carbonyl (C=O) groups excluding carboxylic acids is 1. The highest BCUT2D eigenvalue weighted by molar-refractivity contribution is 9.10. The molecule has 0 saturated carbocycles. The number of hydrogen-bond acceptors (Lipinski definition) is 3. The van der Waals surface area contributed by atoms with Crippen molar-refractivity contribution in [2.45, 2.75) is 6.61 Å². The summed E-state index contributed by atoms with van der Waals surface area (Å²) in [4.78, 5) is 16.2. The fraction of sp³-hybridized carbons (Fsp3) is 0.0588. The maximum Gasteiger partial charge on any atom is 0.412 e. The number of rotatable bonds is 3. The SMILES string of the molecule is O=C(Nc1cc2ccc(Br)cc2nc1Cl)OCc1ccccc1. The predicted octanol–water partition coefficient (Wildman–Crippen LogP) is 5.40. The summed E-state index contributed by atoms with van der Waals surface area (Å²) in [5.41, 5.74) is 2.07. The Morgan fingerprint density at radius 3 is 2.74 bits per heavy atom. The number of halogens is 2. The monoisotopic (exact) mass is 390 g/mol. The minimum atomic E-state index is -0.575. The molecule has 1 aromatic heterocycles. The normalized spacial score (nSPS) is 10.5. The van der Waals surface area contributed by atoms with E-state index < -0.39 is 6.09 Å². The number of fused-ring (bicyclic) bond motifs is 1. The topological polar surface area (TPSA) is 51.2 Å². The van der Waals surface area contributed by atoms with Gasteiger partial charge in [0.25, 0.3) is 0 Å². The average molecular weight is 392 g/mol. The highest BCUT2D eigenvalue weighted by atomic mass is 79.9. The quantitative estimate of drug-likeness (QED) is 0.608. The Bertz CT molecular complexity index is 856. The van der Waals surface area contributed by atoms with Gasteiger partial charge in [-0.15, -0.1) is 0 Å². The molecule has 0 unspecified atom stereocenters. The number of ether oxygens (including phenoxy) is 1. The van der Waals surface area contributed by atoms with Crippen molar-refractivity contribution < 1.29 is 9.53 Å². The Morgan fingerprint density at radius 1 is 1.17 bits per heavy atom. The second kappa shape index (κ2) is 6.98. The Morgan fingerprint density at radius 2 is 1.96 bits per heavy atom. The van der Waals surface area contributed by atoms with E-state index in [1.54, 1.807) is 6.07 Å². The molecule has 0 radical (unpaired) electrons. The molecule has 0 aliphatic carbocycles. The van der Waals surface area contributed by atoms with Crippen LogP contribution in [0.1, 0.15) is 5.56 Å². The average Bonchev–Trinajstić information content (AvgIpc) is 2.55. The molecule has 6 heteroatoms. The van der Waals surface area contributed by atoms with Crippen LogP contribution in [-0.2, 0) is 11.3 Å². The van der Waals surface area contributed by atoms with E-state index in [9.17, 15) is 4.79 Å². The summed E-state index contributed by atoms with van der Waals surface area (Å²) in [6.07, 6.45) is -0.575. The first-order valence-electron chi connectivity index (χ1n) is 6.85. The summed E-state index contributed by atoms with van der Waals surface area (Å²) < 4.78 is 6.09. The summed E-state index contributed by atoms with van der Waals surface area (Å²) in [7, 11) is 0. The fourth-order valence-corrected chi connectivity index (χ4v) is 2.62. The number of nitrogens with zero attached hydrogens (tertiary/aromatic N) is 1. The molecule has 1 heterocycles. The Balaban J connectivity index is 1.72. The van der Waals surface area contributed by atoms with Crippen molar-refractivity contribution in [1.82, 2.24) is 4.98 Å². The number of carbonyl (C=O) groups is 1. The number of pyridine rings is 1. The minimum absolute atomic E-state index is 0.193. The van der Waals surface area contributed by atoms with Crippen molar-refractivity contribution in [3.8, 4) is 0 Å². The van der Waals surface area contributed by atoms with Crippen LogP contribution < -0.4 is 5.32 Å². The lowest BCUT2D eigenvalue weighted by atomic mass is 10.2. The van der Waals surface area contributed by atoms with E-state index in [1.165, 1.54) is 0 Å². The van der Waals surface area contributed by atoms with Gasteiger partial charge in [0.15, 0.2) is 5.15 Å². The number of amides is 1. The molecular weight excluding hydrogens is 380 g/mol. The van der Waals surface area contributed by atoms with Crippen LogP contribution in [0.5, 0.6) is 0 Å². The molecule has 1 amide bonds. The van der Waals surface area contributed by atoms with E-state index in [0.717, 1.165) is 20.9 Å². The summed E-state index contributed by atoms with van der Waals surface area (Å²) in [6, 6.07) is 16.9. The largest absolute Gasteiger partial charge is 0.444 e. The maximum absolute atomic E-state index is 11.9. The summed E-state index contributed by atoms with van der Waals surface area (Å²) in [5.74, 6) is 0. The molecule has 2 aromatic carbocycles. The second-order valence-corrected chi connectivity index (χ2v) is 6.12. The van der Waals surface area contributed by atoms with Crippen molar-refractivity contribution >= 4 is 50.2 Å². The van der Waals surface area contributed by atoms with E-state index in [1.807, 2.05) is 48.5 Å². The van der Waals surface area contributed by atoms with Gasteiger partial charge in [0, 0.05) is 9.86 Å². The number of hydrogen-bond donors (Lipinski definition) is 1. The summed E-state index contributed by atoms with van der Waals surface area (Å²) in [5, 5.41) is 3.71. The molecule has 116 valence electrons. The first-order valence-corrected chi connectivity index (χ1v) is 8.02. The van der Waals surface area contributed by atoms with Gasteiger partial charge in [-0.05, 0) is 23.8 Å². The van der Waals surface area contributed by atoms with Crippen molar-refractivity contribution in [3.63, 3.8) is 0 Å². The zero-order valence-corrected chi connectivity index (χ0v) is 14.3. The molecule has 1 N–H and O–H groups in total. The Hall–Kier alpha value is -2.11. The van der Waals surface area contributed by atoms with Crippen LogP contribution in [0.3, 0.4) is 0 Å². The zero-order valence-electron chi connectivity index (χ0n) is 11.9. The third kappa shape index (κ3) is 4.00. The molecule has 3 rings (SSSR count).